The number of benzene rings is 1. The van der Waals surface area contributed by atoms with Gasteiger partial charge in [-0.05, 0) is 79.5 Å². The van der Waals surface area contributed by atoms with Crippen molar-refractivity contribution in [3.63, 3.8) is 0 Å². The van der Waals surface area contributed by atoms with Gasteiger partial charge in [-0.25, -0.2) is 4.98 Å². The largest absolute Gasteiger partial charge is 0.494 e. The number of aromatic nitrogens is 4. The van der Waals surface area contributed by atoms with Crippen LogP contribution >= 0.6 is 0 Å². The molecule has 0 unspecified atom stereocenters. The second kappa shape index (κ2) is 12.3. The summed E-state index contributed by atoms with van der Waals surface area (Å²) >= 11 is 0. The minimum Gasteiger partial charge on any atom is -0.494 e. The number of hydrogen-bond donors (Lipinski definition) is 3. The van der Waals surface area contributed by atoms with Gasteiger partial charge in [-0.15, -0.1) is 10.2 Å². The number of aryl methyl sites for hydroxylation is 1. The summed E-state index contributed by atoms with van der Waals surface area (Å²) < 4.78 is 5.99. The number of rotatable bonds is 12. The van der Waals surface area contributed by atoms with E-state index in [1.54, 1.807) is 6.20 Å². The Labute approximate surface area is 219 Å². The molecule has 1 aliphatic rings. The molecule has 8 nitrogen and oxygen atoms in total. The number of aromatic amines is 1. The third kappa shape index (κ3) is 7.16. The molecule has 3 aromatic rings. The van der Waals surface area contributed by atoms with E-state index in [1.165, 1.54) is 25.7 Å². The summed E-state index contributed by atoms with van der Waals surface area (Å²) in [4.78, 5) is 20.2. The first kappa shape index (κ1) is 26.8. The number of aliphatic hydroxyl groups is 1. The van der Waals surface area contributed by atoms with Gasteiger partial charge in [0.15, 0.2) is 0 Å². The molecule has 1 amide bonds. The number of ether oxygens (including phenoxy) is 1. The van der Waals surface area contributed by atoms with E-state index in [4.69, 9.17) is 4.74 Å². The maximum Gasteiger partial charge on any atom is 0.294 e. The van der Waals surface area contributed by atoms with E-state index in [1.807, 2.05) is 51.1 Å². The lowest BCUT2D eigenvalue weighted by molar-refractivity contribution is 0.0185. The van der Waals surface area contributed by atoms with Crippen LogP contribution in [0.5, 0.6) is 5.75 Å². The van der Waals surface area contributed by atoms with Crippen LogP contribution in [0.15, 0.2) is 36.5 Å². The van der Waals surface area contributed by atoms with Gasteiger partial charge in [0.1, 0.15) is 17.4 Å². The van der Waals surface area contributed by atoms with Gasteiger partial charge in [-0.3, -0.25) is 4.79 Å². The zero-order chi connectivity index (χ0) is 26.3. The number of pyridine rings is 1. The fourth-order valence-corrected chi connectivity index (χ4v) is 5.02. The van der Waals surface area contributed by atoms with E-state index in [-0.39, 0.29) is 11.7 Å². The summed E-state index contributed by atoms with van der Waals surface area (Å²) in [5, 5.41) is 21.5. The monoisotopic (exact) mass is 505 g/mol. The number of hydrogen-bond acceptors (Lipinski definition) is 6. The second-order valence-corrected chi connectivity index (χ2v) is 10.2. The van der Waals surface area contributed by atoms with Crippen LogP contribution in [0.2, 0.25) is 0 Å². The first-order chi connectivity index (χ1) is 17.9. The second-order valence-electron chi connectivity index (χ2n) is 10.2. The fourth-order valence-electron chi connectivity index (χ4n) is 5.02. The third-order valence-corrected chi connectivity index (χ3v) is 7.60. The van der Waals surface area contributed by atoms with Gasteiger partial charge >= 0.3 is 0 Å². The molecule has 4 rings (SSSR count). The Hall–Kier alpha value is -3.26. The van der Waals surface area contributed by atoms with Crippen LogP contribution in [-0.2, 0) is 6.42 Å². The summed E-state index contributed by atoms with van der Waals surface area (Å²) in [7, 11) is 0. The predicted octanol–water partition coefficient (Wildman–Crippen LogP) is 5.87. The highest BCUT2D eigenvalue weighted by molar-refractivity contribution is 6.01. The van der Waals surface area contributed by atoms with Crippen molar-refractivity contribution in [3.05, 3.63) is 53.7 Å². The lowest BCUT2D eigenvalue weighted by Gasteiger charge is -2.25. The zero-order valence-electron chi connectivity index (χ0n) is 22.2. The molecule has 37 heavy (non-hydrogen) atoms. The number of nitrogens with one attached hydrogen (secondary N) is 2. The molecule has 0 spiro atoms. The molecule has 1 fully saturated rings. The van der Waals surface area contributed by atoms with Crippen molar-refractivity contribution < 1.29 is 14.6 Å². The highest BCUT2D eigenvalue weighted by Crippen LogP contribution is 2.30. The van der Waals surface area contributed by atoms with Crippen molar-refractivity contribution in [2.75, 3.05) is 11.9 Å². The van der Waals surface area contributed by atoms with Gasteiger partial charge in [0.25, 0.3) is 5.91 Å². The number of carbonyl (C=O) groups is 1. The fraction of sp³-hybridized carbons (Fsp3) is 0.517. The van der Waals surface area contributed by atoms with Crippen molar-refractivity contribution in [2.24, 2.45) is 5.92 Å². The standard InChI is InChI=1S/C29H39N5O3/c1-4-29(36,5-2)14-8-16-37-23-12-11-20(3)24(19-23)22-13-15-30-25(18-22)32-28(35)27-31-26(33-34-27)17-21-9-6-7-10-21/h11-13,15,18-19,21,36H,4-10,14,16-17H2,1-3H3,(H,30,32,35)(H,31,33,34). The molecule has 198 valence electrons. The lowest BCUT2D eigenvalue weighted by atomic mass is 9.92. The summed E-state index contributed by atoms with van der Waals surface area (Å²) in [5.74, 6) is 2.45. The molecule has 8 heteroatoms. The van der Waals surface area contributed by atoms with Crippen molar-refractivity contribution in [1.29, 1.82) is 0 Å². The Kier molecular flexibility index (Phi) is 8.92. The molecule has 0 radical (unpaired) electrons. The van der Waals surface area contributed by atoms with Crippen LogP contribution in [0, 0.1) is 12.8 Å². The SMILES string of the molecule is CCC(O)(CC)CCCOc1ccc(C)c(-c2ccnc(NC(=O)c3nnc(CC4CCCC4)[nH]3)c2)c1. The number of H-pyrrole nitrogens is 1. The average Bonchev–Trinajstić information content (AvgIpc) is 3.60. The van der Waals surface area contributed by atoms with Gasteiger partial charge in [0.2, 0.25) is 5.82 Å². The maximum absolute atomic E-state index is 12.8. The van der Waals surface area contributed by atoms with E-state index >= 15 is 0 Å². The highest BCUT2D eigenvalue weighted by Gasteiger charge is 2.21. The number of amides is 1. The maximum atomic E-state index is 12.8. The van der Waals surface area contributed by atoms with Gasteiger partial charge in [-0.1, -0.05) is 45.6 Å². The Bertz CT molecular complexity index is 1180. The van der Waals surface area contributed by atoms with E-state index < -0.39 is 5.60 Å². The first-order valence-electron chi connectivity index (χ1n) is 13.5. The molecule has 1 aromatic carbocycles. The van der Waals surface area contributed by atoms with Crippen molar-refractivity contribution in [1.82, 2.24) is 20.2 Å². The van der Waals surface area contributed by atoms with Crippen molar-refractivity contribution in [3.8, 4) is 16.9 Å². The van der Waals surface area contributed by atoms with Crippen LogP contribution in [0.25, 0.3) is 11.1 Å². The minimum absolute atomic E-state index is 0.199. The van der Waals surface area contributed by atoms with E-state index in [0.29, 0.717) is 18.3 Å². The third-order valence-electron chi connectivity index (χ3n) is 7.60. The number of anilines is 1. The number of carbonyl (C=O) groups excluding carboxylic acids is 1. The van der Waals surface area contributed by atoms with Crippen molar-refractivity contribution in [2.45, 2.75) is 84.2 Å². The molecule has 0 atom stereocenters. The molecule has 0 aliphatic heterocycles. The molecular formula is C29H39N5O3. The van der Waals surface area contributed by atoms with Crippen LogP contribution in [0.4, 0.5) is 5.82 Å². The predicted molar refractivity (Wildman–Crippen MR) is 145 cm³/mol. The smallest absolute Gasteiger partial charge is 0.294 e. The minimum atomic E-state index is -0.608. The molecule has 1 saturated carbocycles. The van der Waals surface area contributed by atoms with Crippen molar-refractivity contribution >= 4 is 11.7 Å². The summed E-state index contributed by atoms with van der Waals surface area (Å²) in [6.45, 7) is 6.62. The molecule has 2 heterocycles. The molecule has 3 N–H and O–H groups in total. The molecule has 1 aliphatic carbocycles. The molecular weight excluding hydrogens is 466 g/mol. The van der Waals surface area contributed by atoms with Gasteiger partial charge in [-0.2, -0.15) is 0 Å². The summed E-state index contributed by atoms with van der Waals surface area (Å²) in [6, 6.07) is 9.76. The summed E-state index contributed by atoms with van der Waals surface area (Å²) in [6.07, 6.45) is 10.5. The normalized spacial score (nSPS) is 14.2. The molecule has 2 aromatic heterocycles. The number of nitrogens with zero attached hydrogens (tertiary/aromatic N) is 3. The van der Waals surface area contributed by atoms with Crippen LogP contribution in [0.3, 0.4) is 0 Å². The lowest BCUT2D eigenvalue weighted by Crippen LogP contribution is -2.26. The van der Waals surface area contributed by atoms with Gasteiger partial charge in [0.05, 0.1) is 12.2 Å². The molecule has 0 saturated heterocycles. The van der Waals surface area contributed by atoms with Crippen LogP contribution in [0.1, 0.15) is 87.2 Å². The quantitative estimate of drug-likeness (QED) is 0.265. The Morgan fingerprint density at radius 2 is 1.95 bits per heavy atom. The topological polar surface area (TPSA) is 113 Å². The van der Waals surface area contributed by atoms with E-state index in [0.717, 1.165) is 60.4 Å². The first-order valence-corrected chi connectivity index (χ1v) is 13.5. The Morgan fingerprint density at radius 3 is 2.70 bits per heavy atom. The van der Waals surface area contributed by atoms with E-state index in [9.17, 15) is 9.90 Å². The van der Waals surface area contributed by atoms with Crippen LogP contribution < -0.4 is 10.1 Å². The Balaban J connectivity index is 1.38. The van der Waals surface area contributed by atoms with Crippen LogP contribution in [-0.4, -0.2) is 43.4 Å². The van der Waals surface area contributed by atoms with E-state index in [2.05, 4.69) is 25.5 Å². The summed E-state index contributed by atoms with van der Waals surface area (Å²) in [5.41, 5.74) is 2.42. The van der Waals surface area contributed by atoms with Gasteiger partial charge in [0, 0.05) is 12.6 Å². The zero-order valence-corrected chi connectivity index (χ0v) is 22.2. The highest BCUT2D eigenvalue weighted by atomic mass is 16.5. The molecule has 0 bridgehead atoms. The van der Waals surface area contributed by atoms with Gasteiger partial charge < -0.3 is 20.1 Å². The Morgan fingerprint density at radius 1 is 1.16 bits per heavy atom. The average molecular weight is 506 g/mol.